The third-order valence-electron chi connectivity index (χ3n) is 4.73. The van der Waals surface area contributed by atoms with Gasteiger partial charge in [-0.1, -0.05) is 17.7 Å². The molecular weight excluding hydrogens is 446 g/mol. The maximum absolute atomic E-state index is 16.4. The van der Waals surface area contributed by atoms with Crippen LogP contribution in [0, 0.1) is 0 Å². The van der Waals surface area contributed by atoms with E-state index in [2.05, 4.69) is 0 Å². The standard InChI is InChI=1S/C20H16ClF4NO5/c1-30-16-5-3-12(21)9-14(16)19(22)13-4-2-11(20(23,24)25)8-15(13)26(18(19)29)10-31-17(28)6-7-27/h2-5,8-9,27H,6-7,10H2,1H3/t19-/m0/s1. The first-order chi connectivity index (χ1) is 14.5. The van der Waals surface area contributed by atoms with Gasteiger partial charge in [0.2, 0.25) is 5.67 Å². The Balaban J connectivity index is 2.17. The lowest BCUT2D eigenvalue weighted by molar-refractivity contribution is -0.145. The van der Waals surface area contributed by atoms with Gasteiger partial charge in [-0.15, -0.1) is 0 Å². The van der Waals surface area contributed by atoms with E-state index in [9.17, 15) is 22.8 Å². The van der Waals surface area contributed by atoms with Crippen molar-refractivity contribution < 1.29 is 41.7 Å². The molecule has 0 spiro atoms. The number of amides is 1. The molecule has 1 aliphatic rings. The van der Waals surface area contributed by atoms with E-state index >= 15 is 4.39 Å². The number of benzene rings is 2. The maximum Gasteiger partial charge on any atom is 0.416 e. The van der Waals surface area contributed by atoms with E-state index in [0.29, 0.717) is 17.0 Å². The number of carbonyl (C=O) groups excluding carboxylic acids is 2. The van der Waals surface area contributed by atoms with Gasteiger partial charge in [-0.05, 0) is 30.3 Å². The monoisotopic (exact) mass is 461 g/mol. The minimum atomic E-state index is -4.76. The number of aliphatic hydroxyl groups excluding tert-OH is 1. The lowest BCUT2D eigenvalue weighted by Crippen LogP contribution is -2.40. The Morgan fingerprint density at radius 1 is 1.19 bits per heavy atom. The van der Waals surface area contributed by atoms with Gasteiger partial charge in [-0.3, -0.25) is 14.5 Å². The number of methoxy groups -OCH3 is 1. The molecule has 2 aromatic rings. The van der Waals surface area contributed by atoms with Gasteiger partial charge in [-0.25, -0.2) is 4.39 Å². The van der Waals surface area contributed by atoms with Gasteiger partial charge in [0, 0.05) is 16.1 Å². The smallest absolute Gasteiger partial charge is 0.416 e. The van der Waals surface area contributed by atoms with E-state index in [0.717, 1.165) is 12.1 Å². The Labute approximate surface area is 178 Å². The summed E-state index contributed by atoms with van der Waals surface area (Å²) in [4.78, 5) is 25.3. The van der Waals surface area contributed by atoms with Gasteiger partial charge in [-0.2, -0.15) is 13.2 Å². The highest BCUT2D eigenvalue weighted by Crippen LogP contribution is 2.51. The second-order valence-electron chi connectivity index (χ2n) is 6.59. The number of ether oxygens (including phenoxy) is 2. The van der Waals surface area contributed by atoms with E-state index in [4.69, 9.17) is 26.2 Å². The largest absolute Gasteiger partial charge is 0.496 e. The molecule has 1 aliphatic heterocycles. The molecule has 0 bridgehead atoms. The SMILES string of the molecule is COc1ccc(Cl)cc1[C@]1(F)C(=O)N(COC(=O)CCO)c2cc(C(F)(F)F)ccc21. The van der Waals surface area contributed by atoms with Gasteiger partial charge in [0.25, 0.3) is 5.91 Å². The molecule has 0 fully saturated rings. The maximum atomic E-state index is 16.4. The molecule has 0 aliphatic carbocycles. The van der Waals surface area contributed by atoms with Crippen molar-refractivity contribution in [2.75, 3.05) is 25.3 Å². The quantitative estimate of drug-likeness (QED) is 0.523. The number of hydrogen-bond acceptors (Lipinski definition) is 5. The first kappa shape index (κ1) is 22.8. The van der Waals surface area contributed by atoms with E-state index in [1.165, 1.54) is 19.2 Å². The summed E-state index contributed by atoms with van der Waals surface area (Å²) in [6.45, 7) is -1.38. The van der Waals surface area contributed by atoms with Gasteiger partial charge in [0.05, 0.1) is 31.4 Å². The first-order valence-electron chi connectivity index (χ1n) is 8.87. The molecule has 1 amide bonds. The van der Waals surface area contributed by atoms with Crippen LogP contribution in [0.4, 0.5) is 23.2 Å². The highest BCUT2D eigenvalue weighted by molar-refractivity contribution is 6.30. The van der Waals surface area contributed by atoms with Crippen molar-refractivity contribution >= 4 is 29.2 Å². The molecule has 31 heavy (non-hydrogen) atoms. The fourth-order valence-electron chi connectivity index (χ4n) is 3.27. The van der Waals surface area contributed by atoms with E-state index < -0.39 is 54.7 Å². The molecule has 0 aromatic heterocycles. The molecule has 0 unspecified atom stereocenters. The normalized spacial score (nSPS) is 18.2. The summed E-state index contributed by atoms with van der Waals surface area (Å²) in [5.74, 6) is -2.25. The Kier molecular flexibility index (Phi) is 6.15. The number of esters is 1. The lowest BCUT2D eigenvalue weighted by Gasteiger charge is -2.23. The molecule has 6 nitrogen and oxygen atoms in total. The second kappa shape index (κ2) is 8.35. The molecule has 0 radical (unpaired) electrons. The van der Waals surface area contributed by atoms with Crippen LogP contribution in [-0.2, 0) is 26.2 Å². The highest BCUT2D eigenvalue weighted by atomic mass is 35.5. The number of anilines is 1. The van der Waals surface area contributed by atoms with Crippen molar-refractivity contribution in [2.45, 2.75) is 18.3 Å². The zero-order valence-corrected chi connectivity index (χ0v) is 16.8. The molecule has 1 heterocycles. The number of rotatable bonds is 6. The number of fused-ring (bicyclic) bond motifs is 1. The van der Waals surface area contributed by atoms with Gasteiger partial charge < -0.3 is 14.6 Å². The van der Waals surface area contributed by atoms with Crippen LogP contribution >= 0.6 is 11.6 Å². The summed E-state index contributed by atoms with van der Waals surface area (Å²) in [6.07, 6.45) is -5.16. The Morgan fingerprint density at radius 3 is 2.52 bits per heavy atom. The summed E-state index contributed by atoms with van der Waals surface area (Å²) in [7, 11) is 1.23. The molecular formula is C20H16ClF4NO5. The molecule has 166 valence electrons. The Hall–Kier alpha value is -2.85. The number of carbonyl (C=O) groups is 2. The van der Waals surface area contributed by atoms with Crippen molar-refractivity contribution in [3.63, 3.8) is 0 Å². The highest BCUT2D eigenvalue weighted by Gasteiger charge is 2.55. The fourth-order valence-corrected chi connectivity index (χ4v) is 3.44. The van der Waals surface area contributed by atoms with Crippen molar-refractivity contribution in [2.24, 2.45) is 0 Å². The topological polar surface area (TPSA) is 76.1 Å². The number of hydrogen-bond donors (Lipinski definition) is 1. The predicted octanol–water partition coefficient (Wildman–Crippen LogP) is 3.81. The first-order valence-corrected chi connectivity index (χ1v) is 9.25. The van der Waals surface area contributed by atoms with Crippen molar-refractivity contribution in [1.82, 2.24) is 0 Å². The molecule has 0 saturated carbocycles. The van der Waals surface area contributed by atoms with Gasteiger partial charge in [0.15, 0.2) is 6.73 Å². The van der Waals surface area contributed by atoms with Crippen molar-refractivity contribution in [3.05, 3.63) is 58.1 Å². The van der Waals surface area contributed by atoms with Crippen LogP contribution in [-0.4, -0.2) is 37.4 Å². The minimum Gasteiger partial charge on any atom is -0.496 e. The van der Waals surface area contributed by atoms with E-state index in [-0.39, 0.29) is 21.9 Å². The molecule has 11 heteroatoms. The summed E-state index contributed by atoms with van der Waals surface area (Å²) in [5.41, 5.74) is -5.17. The number of halogens is 5. The second-order valence-corrected chi connectivity index (χ2v) is 7.02. The van der Waals surface area contributed by atoms with Crippen LogP contribution in [0.2, 0.25) is 5.02 Å². The Morgan fingerprint density at radius 2 is 1.90 bits per heavy atom. The fraction of sp³-hybridized carbons (Fsp3) is 0.300. The van der Waals surface area contributed by atoms with E-state index in [1.807, 2.05) is 0 Å². The lowest BCUT2D eigenvalue weighted by atomic mass is 9.88. The average Bonchev–Trinajstić information content (AvgIpc) is 2.93. The van der Waals surface area contributed by atoms with Crippen molar-refractivity contribution in [1.29, 1.82) is 0 Å². The van der Waals surface area contributed by atoms with Crippen LogP contribution in [0.1, 0.15) is 23.1 Å². The van der Waals surface area contributed by atoms with Crippen LogP contribution in [0.15, 0.2) is 36.4 Å². The molecule has 3 rings (SSSR count). The zero-order valence-electron chi connectivity index (χ0n) is 16.0. The number of alkyl halides is 4. The van der Waals surface area contributed by atoms with Crippen LogP contribution in [0.25, 0.3) is 0 Å². The summed E-state index contributed by atoms with van der Waals surface area (Å²) in [6, 6.07) is 5.96. The van der Waals surface area contributed by atoms with Crippen LogP contribution in [0.5, 0.6) is 5.75 Å². The average molecular weight is 462 g/mol. The third kappa shape index (κ3) is 4.05. The molecule has 1 N–H and O–H groups in total. The molecule has 0 saturated heterocycles. The number of aliphatic hydroxyl groups is 1. The molecule has 1 atom stereocenters. The third-order valence-corrected chi connectivity index (χ3v) is 4.97. The minimum absolute atomic E-state index is 0.0507. The van der Waals surface area contributed by atoms with Crippen LogP contribution < -0.4 is 9.64 Å². The van der Waals surface area contributed by atoms with Crippen molar-refractivity contribution in [3.8, 4) is 5.75 Å². The summed E-state index contributed by atoms with van der Waals surface area (Å²) >= 11 is 5.96. The number of nitrogens with zero attached hydrogens (tertiary/aromatic N) is 1. The summed E-state index contributed by atoms with van der Waals surface area (Å²) < 4.78 is 66.1. The van der Waals surface area contributed by atoms with E-state index in [1.54, 1.807) is 0 Å². The van der Waals surface area contributed by atoms with Gasteiger partial charge >= 0.3 is 12.1 Å². The summed E-state index contributed by atoms with van der Waals surface area (Å²) in [5, 5.41) is 8.86. The van der Waals surface area contributed by atoms with Crippen LogP contribution in [0.3, 0.4) is 0 Å². The zero-order chi connectivity index (χ0) is 23.0. The predicted molar refractivity (Wildman–Crippen MR) is 101 cm³/mol. The van der Waals surface area contributed by atoms with Gasteiger partial charge in [0.1, 0.15) is 5.75 Å². The molecule has 2 aromatic carbocycles. The Bertz CT molecular complexity index is 1030.